The van der Waals surface area contributed by atoms with Gasteiger partial charge in [0.25, 0.3) is 0 Å². The Kier molecular flexibility index (Phi) is 25.2. The predicted octanol–water partition coefficient (Wildman–Crippen LogP) is 13.3. The first-order valence-electron chi connectivity index (χ1n) is 28.0. The van der Waals surface area contributed by atoms with Crippen LogP contribution in [-0.4, -0.2) is 86.1 Å². The summed E-state index contributed by atoms with van der Waals surface area (Å²) < 4.78 is 123. The maximum absolute atomic E-state index is 9.08. The molecule has 0 saturated carbocycles. The number of hydrogen-bond acceptors (Lipinski definition) is 11. The summed E-state index contributed by atoms with van der Waals surface area (Å²) in [6.45, 7) is -0.0581. The quantitative estimate of drug-likeness (QED) is 0.0974. The molecule has 0 unspecified atom stereocenters. The number of aliphatic hydroxyl groups is 2. The van der Waals surface area contributed by atoms with Crippen LogP contribution in [0.1, 0.15) is 41.1 Å². The molecule has 0 amide bonds. The summed E-state index contributed by atoms with van der Waals surface area (Å²) in [7, 11) is 8.08. The molecule has 0 aliphatic carbocycles. The number of rotatable bonds is 4. The largest absolute Gasteiger partial charge is 0.748 e. The summed E-state index contributed by atoms with van der Waals surface area (Å²) in [6.07, 6.45) is 3.23. The Bertz CT molecular complexity index is 4140. The maximum Gasteiger partial charge on any atom is 0.144 e. The Morgan fingerprint density at radius 2 is 1.00 bits per heavy atom. The number of pyridine rings is 4. The molecule has 0 spiro atoms. The van der Waals surface area contributed by atoms with E-state index < -0.39 is 17.0 Å². The standard InChI is InChI=1S/C17H11NO.C17H10NO.2C12H10N.CH4O3S.2CH4O.2CH4.B3.2Ir/c2*1-2-10-16-12(6-1)13-7-5-8-14(17(13)19-16)15-9-3-4-11-18-15;2*1-10-7-8-12(13-9-10)11-5-3-2-4-6-11;1-5(2,3)4;2*1-2;;;1-3-2;;/h1-11H;1-7,9-11H;2*2-5,7-9H,1H3;1H3,(H,2,3,4);2*2H,1H3;2*1H4;;;/q;3*-1;;;;;;;;/p-1/i2*3D,4D,9D,11D;1D3;;;;;;;;;. The van der Waals surface area contributed by atoms with Crippen LogP contribution in [0.4, 0.5) is 0 Å². The Morgan fingerprint density at radius 1 is 0.550 bits per heavy atom. The van der Waals surface area contributed by atoms with Gasteiger partial charge < -0.3 is 38.6 Å². The van der Waals surface area contributed by atoms with Crippen molar-refractivity contribution in [1.82, 2.24) is 19.9 Å². The molecular weight excluding hydrogens is 1370 g/mol. The zero-order valence-corrected chi connectivity index (χ0v) is 47.7. The van der Waals surface area contributed by atoms with Crippen molar-refractivity contribution in [2.45, 2.75) is 28.6 Å². The molecule has 0 aliphatic heterocycles. The average molecular weight is 1450 g/mol. The molecule has 2 N–H and O–H groups in total. The van der Waals surface area contributed by atoms with Crippen LogP contribution < -0.4 is 0 Å². The molecule has 0 bridgehead atoms. The third-order valence-electron chi connectivity index (χ3n) is 9.81. The molecule has 6 heterocycles. The maximum atomic E-state index is 9.08. The third-order valence-corrected chi connectivity index (χ3v) is 9.81. The second kappa shape index (κ2) is 37.7. The van der Waals surface area contributed by atoms with Crippen LogP contribution in [0.2, 0.25) is 0 Å². The van der Waals surface area contributed by atoms with Crippen LogP contribution in [0.3, 0.4) is 0 Å². The number of para-hydroxylation sites is 3. The molecule has 7 radical (unpaired) electrons. The Hall–Kier alpha value is -7.16. The van der Waals surface area contributed by atoms with E-state index in [4.69, 9.17) is 47.1 Å². The number of nitrogens with zero attached hydrogens (tertiary/aromatic N) is 4. The van der Waals surface area contributed by atoms with Crippen LogP contribution in [0.15, 0.2) is 221 Å². The monoisotopic (exact) mass is 1450 g/mol. The van der Waals surface area contributed by atoms with E-state index >= 15 is 0 Å². The second-order valence-corrected chi connectivity index (χ2v) is 16.4. The summed E-state index contributed by atoms with van der Waals surface area (Å²) in [4.78, 5) is 16.5. The Morgan fingerprint density at radius 3 is 1.49 bits per heavy atom. The molecule has 411 valence electrons. The van der Waals surface area contributed by atoms with E-state index in [-0.39, 0.29) is 121 Å². The third kappa shape index (κ3) is 21.5. The molecule has 6 aromatic carbocycles. The molecule has 6 aromatic heterocycles. The first-order chi connectivity index (χ1) is 41.5. The summed E-state index contributed by atoms with van der Waals surface area (Å²) >= 11 is 0. The van der Waals surface area contributed by atoms with Crippen LogP contribution in [0.5, 0.6) is 0 Å². The normalized spacial score (nSPS) is 11.7. The number of benzene rings is 6. The van der Waals surface area contributed by atoms with E-state index in [9.17, 15) is 0 Å². The molecule has 0 fully saturated rings. The number of aromatic nitrogens is 4. The fraction of sp³-hybridized carbons (Fsp3) is 0.111. The van der Waals surface area contributed by atoms with Gasteiger partial charge in [0.05, 0.1) is 32.4 Å². The zero-order valence-electron chi connectivity index (χ0n) is 53.1. The van der Waals surface area contributed by atoms with Gasteiger partial charge in [-0.3, -0.25) is 4.98 Å². The molecule has 12 rings (SSSR count). The number of furan rings is 2. The van der Waals surface area contributed by atoms with Crippen molar-refractivity contribution < 1.29 is 87.3 Å². The van der Waals surface area contributed by atoms with E-state index in [0.717, 1.165) is 70.9 Å². The zero-order chi connectivity index (χ0) is 64.2. The second-order valence-electron chi connectivity index (χ2n) is 15.0. The van der Waals surface area contributed by atoms with Gasteiger partial charge in [0.1, 0.15) is 16.7 Å². The van der Waals surface area contributed by atoms with Crippen molar-refractivity contribution in [3.05, 3.63) is 242 Å². The van der Waals surface area contributed by atoms with E-state index in [1.807, 2.05) is 128 Å². The molecule has 11 nitrogen and oxygen atoms in total. The molecule has 0 saturated heterocycles. The van der Waals surface area contributed by atoms with Crippen LogP contribution in [0.25, 0.3) is 88.9 Å². The van der Waals surface area contributed by atoms with Crippen molar-refractivity contribution in [2.75, 3.05) is 20.5 Å². The summed E-state index contributed by atoms with van der Waals surface area (Å²) in [5.41, 5.74) is 8.92. The van der Waals surface area contributed by atoms with Gasteiger partial charge in [-0.15, -0.1) is 90.0 Å². The average Bonchev–Trinajstić information content (AvgIpc) is 1.68. The van der Waals surface area contributed by atoms with Gasteiger partial charge in [-0.05, 0) is 78.3 Å². The van der Waals surface area contributed by atoms with E-state index in [1.165, 1.54) is 11.8 Å². The number of fused-ring (bicyclic) bond motifs is 6. The SMILES string of the molecule is C.C.CO.CO.CS(=O)(=O)[O-].Cc1ccc(-c2[c-]cccc2)nc1.[2H]C([2H])([2H])c1ccc(-c2[c-]cccc2)nc1.[2H]c1nc(-c2[c-]ccc3c2oc2ccccc23)c([2H])c([2H])c1[2H].[2H]c1nc(-c2cccc3c2oc2ccccc23)c([2H])c([2H])c1[2H].[B][B][B].[Ir].[Ir]. The minimum atomic E-state index is -3.92. The Balaban J connectivity index is 0.000000574. The molecule has 0 atom stereocenters. The Labute approximate surface area is 517 Å². The van der Waals surface area contributed by atoms with Crippen LogP contribution in [-0.2, 0) is 50.3 Å². The van der Waals surface area contributed by atoms with Crippen molar-refractivity contribution in [3.63, 3.8) is 0 Å². The fourth-order valence-electron chi connectivity index (χ4n) is 6.79. The molecule has 80 heavy (non-hydrogen) atoms. The van der Waals surface area contributed by atoms with Gasteiger partial charge in [0.2, 0.25) is 0 Å². The summed E-state index contributed by atoms with van der Waals surface area (Å²) in [6, 6.07) is 54.5. The molecule has 17 heteroatoms. The summed E-state index contributed by atoms with van der Waals surface area (Å²) in [5, 5.41) is 17.7. The van der Waals surface area contributed by atoms with Gasteiger partial charge in [-0.1, -0.05) is 117 Å². The molecular formula is C63H60B3Ir2N4O7S-4. The smallest absolute Gasteiger partial charge is 0.144 e. The van der Waals surface area contributed by atoms with Crippen LogP contribution >= 0.6 is 0 Å². The molecule has 0 aliphatic rings. The van der Waals surface area contributed by atoms with E-state index in [0.29, 0.717) is 34.1 Å². The van der Waals surface area contributed by atoms with Gasteiger partial charge in [0, 0.05) is 134 Å². The topological polar surface area (TPSA) is 175 Å². The molecule has 12 aromatic rings. The summed E-state index contributed by atoms with van der Waals surface area (Å²) in [5.74, 6) is 0. The van der Waals surface area contributed by atoms with Crippen molar-refractivity contribution in [3.8, 4) is 45.0 Å². The van der Waals surface area contributed by atoms with E-state index in [2.05, 4.69) is 59.7 Å². The first kappa shape index (κ1) is 53.5. The number of aryl methyl sites for hydroxylation is 2. The minimum Gasteiger partial charge on any atom is -0.748 e. The number of hydrogen-bond donors (Lipinski definition) is 2. The van der Waals surface area contributed by atoms with Gasteiger partial charge in [-0.2, -0.15) is 0 Å². The van der Waals surface area contributed by atoms with Crippen molar-refractivity contribution >= 4 is 76.5 Å². The minimum absolute atomic E-state index is 0. The van der Waals surface area contributed by atoms with Gasteiger partial charge in [0.15, 0.2) is 0 Å². The van der Waals surface area contributed by atoms with Crippen molar-refractivity contribution in [1.29, 1.82) is 0 Å². The van der Waals surface area contributed by atoms with E-state index in [1.54, 1.807) is 30.3 Å². The number of aliphatic hydroxyl groups excluding tert-OH is 2. The van der Waals surface area contributed by atoms with Crippen LogP contribution in [0, 0.1) is 32.0 Å². The van der Waals surface area contributed by atoms with Gasteiger partial charge >= 0.3 is 0 Å². The fourth-order valence-corrected chi connectivity index (χ4v) is 6.79. The van der Waals surface area contributed by atoms with Gasteiger partial charge in [-0.25, -0.2) is 8.42 Å². The van der Waals surface area contributed by atoms with Crippen molar-refractivity contribution in [2.24, 2.45) is 0 Å². The first-order valence-corrected chi connectivity index (χ1v) is 24.3. The predicted molar refractivity (Wildman–Crippen MR) is 322 cm³/mol.